The molecule has 4 rings (SSSR count). The van der Waals surface area contributed by atoms with Crippen LogP contribution in [0.25, 0.3) is 17.0 Å². The Balaban J connectivity index is 1.52. The molecule has 2 heterocycles. The van der Waals surface area contributed by atoms with Crippen LogP contribution in [0.1, 0.15) is 24.9 Å². The highest BCUT2D eigenvalue weighted by Crippen LogP contribution is 2.34. The number of carbonyl (C=O) groups excluding carboxylic acids is 1. The van der Waals surface area contributed by atoms with Gasteiger partial charge in [0.2, 0.25) is 0 Å². The van der Waals surface area contributed by atoms with Gasteiger partial charge in [0.1, 0.15) is 5.75 Å². The molecule has 9 nitrogen and oxygen atoms in total. The summed E-state index contributed by atoms with van der Waals surface area (Å²) in [5, 5.41) is 11.0. The second kappa shape index (κ2) is 11.0. The number of para-hydroxylation sites is 1. The molecule has 0 bridgehead atoms. The van der Waals surface area contributed by atoms with Crippen LogP contribution < -0.4 is 19.5 Å². The number of benzene rings is 2. The molecule has 3 N–H and O–H groups in total. The van der Waals surface area contributed by atoms with Crippen LogP contribution >= 0.6 is 0 Å². The third kappa shape index (κ3) is 5.68. The number of carbonyl (C=O) groups is 1. The quantitative estimate of drug-likeness (QED) is 0.397. The maximum absolute atomic E-state index is 12.4. The van der Waals surface area contributed by atoms with Gasteiger partial charge in [-0.2, -0.15) is 0 Å². The van der Waals surface area contributed by atoms with Gasteiger partial charge in [0.25, 0.3) is 0 Å². The number of hydrogen-bond donors (Lipinski definition) is 3. The SMILES string of the molecule is COc1ccc(-c2[nH]c(/C(=C\C(C)=N)N3CCC(NC(=O)Oc4ccccc4)C3)nc2C)cc1OC. The molecule has 1 saturated heterocycles. The largest absolute Gasteiger partial charge is 0.493 e. The minimum atomic E-state index is -0.480. The first-order chi connectivity index (χ1) is 17.4. The third-order valence-corrected chi connectivity index (χ3v) is 5.96. The Labute approximate surface area is 210 Å². The molecule has 1 fully saturated rings. The summed E-state index contributed by atoms with van der Waals surface area (Å²) in [6.07, 6.45) is 2.06. The molecule has 1 aliphatic rings. The van der Waals surface area contributed by atoms with Crippen molar-refractivity contribution in [3.63, 3.8) is 0 Å². The number of aromatic nitrogens is 2. The van der Waals surface area contributed by atoms with Crippen molar-refractivity contribution < 1.29 is 19.0 Å². The number of allylic oxidation sites excluding steroid dienone is 1. The van der Waals surface area contributed by atoms with Crippen molar-refractivity contribution in [2.75, 3.05) is 27.3 Å². The lowest BCUT2D eigenvalue weighted by molar-refractivity contribution is 0.196. The Morgan fingerprint density at radius 1 is 1.17 bits per heavy atom. The molecule has 2 aromatic carbocycles. The molecule has 1 amide bonds. The van der Waals surface area contributed by atoms with Crippen LogP contribution in [0.2, 0.25) is 0 Å². The summed E-state index contributed by atoms with van der Waals surface area (Å²) < 4.78 is 16.2. The Morgan fingerprint density at radius 3 is 2.61 bits per heavy atom. The molecule has 0 saturated carbocycles. The summed E-state index contributed by atoms with van der Waals surface area (Å²) >= 11 is 0. The van der Waals surface area contributed by atoms with Gasteiger partial charge in [0.15, 0.2) is 17.3 Å². The number of hydrogen-bond acceptors (Lipinski definition) is 7. The summed E-state index contributed by atoms with van der Waals surface area (Å²) in [6, 6.07) is 14.6. The zero-order valence-electron chi connectivity index (χ0n) is 20.9. The van der Waals surface area contributed by atoms with E-state index in [4.69, 9.17) is 24.6 Å². The number of aromatic amines is 1. The number of amides is 1. The van der Waals surface area contributed by atoms with Crippen LogP contribution in [-0.4, -0.2) is 60.0 Å². The Kier molecular flexibility index (Phi) is 7.58. The summed E-state index contributed by atoms with van der Waals surface area (Å²) in [5.74, 6) is 2.45. The fourth-order valence-electron chi connectivity index (χ4n) is 4.26. The van der Waals surface area contributed by atoms with E-state index in [0.717, 1.165) is 29.1 Å². The van der Waals surface area contributed by atoms with Crippen LogP contribution in [0, 0.1) is 12.3 Å². The van der Waals surface area contributed by atoms with E-state index in [0.29, 0.717) is 41.9 Å². The van der Waals surface area contributed by atoms with Gasteiger partial charge >= 0.3 is 6.09 Å². The van der Waals surface area contributed by atoms with Gasteiger partial charge < -0.3 is 34.8 Å². The van der Waals surface area contributed by atoms with Crippen molar-refractivity contribution in [2.24, 2.45) is 0 Å². The van der Waals surface area contributed by atoms with Crippen LogP contribution in [-0.2, 0) is 0 Å². The van der Waals surface area contributed by atoms with Crippen molar-refractivity contribution in [1.82, 2.24) is 20.2 Å². The van der Waals surface area contributed by atoms with Crippen LogP contribution in [0.15, 0.2) is 54.6 Å². The average molecular weight is 490 g/mol. The molecule has 0 aliphatic carbocycles. The molecule has 1 unspecified atom stereocenters. The normalized spacial score (nSPS) is 15.5. The van der Waals surface area contributed by atoms with Crippen molar-refractivity contribution in [2.45, 2.75) is 26.3 Å². The fourth-order valence-corrected chi connectivity index (χ4v) is 4.26. The number of nitrogens with one attached hydrogen (secondary N) is 3. The fraction of sp³-hybridized carbons (Fsp3) is 0.296. The number of imidazole rings is 1. The Hall–Kier alpha value is -4.27. The lowest BCUT2D eigenvalue weighted by Crippen LogP contribution is -2.38. The van der Waals surface area contributed by atoms with E-state index in [2.05, 4.69) is 15.2 Å². The molecule has 188 valence electrons. The van der Waals surface area contributed by atoms with E-state index in [-0.39, 0.29) is 6.04 Å². The second-order valence-electron chi connectivity index (χ2n) is 8.61. The van der Waals surface area contributed by atoms with Crippen LogP contribution in [0.5, 0.6) is 17.2 Å². The number of ether oxygens (including phenoxy) is 3. The second-order valence-corrected chi connectivity index (χ2v) is 8.61. The van der Waals surface area contributed by atoms with Crippen LogP contribution in [0.3, 0.4) is 0 Å². The summed E-state index contributed by atoms with van der Waals surface area (Å²) in [4.78, 5) is 22.7. The summed E-state index contributed by atoms with van der Waals surface area (Å²) in [6.45, 7) is 4.96. The first kappa shape index (κ1) is 24.8. The van der Waals surface area contributed by atoms with E-state index in [1.165, 1.54) is 0 Å². The molecular weight excluding hydrogens is 458 g/mol. The first-order valence-corrected chi connectivity index (χ1v) is 11.7. The number of rotatable bonds is 8. The molecule has 0 spiro atoms. The van der Waals surface area contributed by atoms with Crippen molar-refractivity contribution in [3.05, 3.63) is 66.1 Å². The van der Waals surface area contributed by atoms with E-state index in [9.17, 15) is 4.79 Å². The highest BCUT2D eigenvalue weighted by Gasteiger charge is 2.28. The maximum Gasteiger partial charge on any atom is 0.412 e. The van der Waals surface area contributed by atoms with Crippen LogP contribution in [0.4, 0.5) is 4.79 Å². The van der Waals surface area contributed by atoms with Gasteiger partial charge in [-0.25, -0.2) is 9.78 Å². The molecule has 3 aromatic rings. The maximum atomic E-state index is 12.4. The predicted molar refractivity (Wildman–Crippen MR) is 139 cm³/mol. The van der Waals surface area contributed by atoms with Gasteiger partial charge in [-0.1, -0.05) is 18.2 Å². The Bertz CT molecular complexity index is 1270. The molecule has 1 atom stereocenters. The zero-order chi connectivity index (χ0) is 25.7. The van der Waals surface area contributed by atoms with Gasteiger partial charge in [-0.3, -0.25) is 0 Å². The van der Waals surface area contributed by atoms with E-state index < -0.39 is 6.09 Å². The smallest absolute Gasteiger partial charge is 0.412 e. The number of nitrogens with zero attached hydrogens (tertiary/aromatic N) is 2. The topological polar surface area (TPSA) is 113 Å². The number of methoxy groups -OCH3 is 2. The lowest BCUT2D eigenvalue weighted by atomic mass is 10.1. The van der Waals surface area contributed by atoms with Gasteiger partial charge in [-0.15, -0.1) is 0 Å². The minimum Gasteiger partial charge on any atom is -0.493 e. The summed E-state index contributed by atoms with van der Waals surface area (Å²) in [7, 11) is 3.21. The minimum absolute atomic E-state index is 0.0861. The number of H-pyrrole nitrogens is 1. The molecular formula is C27H31N5O4. The molecule has 1 aliphatic heterocycles. The summed E-state index contributed by atoms with van der Waals surface area (Å²) in [5.41, 5.74) is 3.81. The monoisotopic (exact) mass is 489 g/mol. The standard InChI is InChI=1S/C27H31N5O4/c1-17(28)14-22(32-13-12-20(16-32)30-27(33)36-21-8-6-5-7-9-21)26-29-18(2)25(31-26)19-10-11-23(34-3)24(15-19)35-4/h5-11,14-15,20,28H,12-13,16H2,1-4H3,(H,29,31)(H,30,33)/b22-14+,28-17?. The molecule has 9 heteroatoms. The van der Waals surface area contributed by atoms with E-state index >= 15 is 0 Å². The number of likely N-dealkylation sites (tertiary alicyclic amines) is 1. The Morgan fingerprint density at radius 2 is 1.92 bits per heavy atom. The van der Waals surface area contributed by atoms with Gasteiger partial charge in [0, 0.05) is 24.4 Å². The average Bonchev–Trinajstić information content (AvgIpc) is 3.49. The first-order valence-electron chi connectivity index (χ1n) is 11.7. The highest BCUT2D eigenvalue weighted by molar-refractivity contribution is 5.96. The lowest BCUT2D eigenvalue weighted by Gasteiger charge is -2.21. The number of aryl methyl sites for hydroxylation is 1. The molecule has 36 heavy (non-hydrogen) atoms. The van der Waals surface area contributed by atoms with E-state index in [1.54, 1.807) is 39.4 Å². The van der Waals surface area contributed by atoms with E-state index in [1.807, 2.05) is 43.3 Å². The van der Waals surface area contributed by atoms with Crippen molar-refractivity contribution >= 4 is 17.5 Å². The molecule has 0 radical (unpaired) electrons. The highest BCUT2D eigenvalue weighted by atomic mass is 16.6. The zero-order valence-corrected chi connectivity index (χ0v) is 20.9. The van der Waals surface area contributed by atoms with Gasteiger partial charge in [-0.05, 0) is 56.7 Å². The third-order valence-electron chi connectivity index (χ3n) is 5.96. The molecule has 1 aromatic heterocycles. The van der Waals surface area contributed by atoms with Gasteiger partial charge in [0.05, 0.1) is 37.3 Å². The van der Waals surface area contributed by atoms with Crippen molar-refractivity contribution in [3.8, 4) is 28.5 Å². The predicted octanol–water partition coefficient (Wildman–Crippen LogP) is 4.65. The van der Waals surface area contributed by atoms with Crippen molar-refractivity contribution in [1.29, 1.82) is 5.41 Å².